The molecule has 0 fully saturated rings. The molecule has 3 rings (SSSR count). The van der Waals surface area contributed by atoms with E-state index in [0.29, 0.717) is 6.04 Å². The summed E-state index contributed by atoms with van der Waals surface area (Å²) in [7, 11) is 0. The zero-order valence-corrected chi connectivity index (χ0v) is 12.2. The molecule has 0 saturated carbocycles. The molecule has 0 aromatic heterocycles. The Labute approximate surface area is 131 Å². The van der Waals surface area contributed by atoms with Crippen molar-refractivity contribution in [2.75, 3.05) is 11.9 Å². The molecule has 0 aliphatic carbocycles. The highest BCUT2D eigenvalue weighted by atomic mass is 16.6. The fourth-order valence-electron chi connectivity index (χ4n) is 2.60. The van der Waals surface area contributed by atoms with E-state index in [1.807, 2.05) is 24.3 Å². The average molecular weight is 294 g/mol. The van der Waals surface area contributed by atoms with E-state index in [1.54, 1.807) is 12.1 Å². The molecule has 1 atom stereocenters. The monoisotopic (exact) mass is 294 g/mol. The number of non-ortho nitro benzene ring substituents is 1. The lowest BCUT2D eigenvalue weighted by Gasteiger charge is -2.15. The van der Waals surface area contributed by atoms with Crippen LogP contribution in [0.4, 0.5) is 11.4 Å². The summed E-state index contributed by atoms with van der Waals surface area (Å²) >= 11 is 0. The fraction of sp³-hybridized carbons (Fsp3) is 0.250. The van der Waals surface area contributed by atoms with Gasteiger partial charge in [0.25, 0.3) is 5.69 Å². The number of nitrogens with one attached hydrogen (secondary N) is 2. The number of nitro groups is 1. The minimum Gasteiger partial charge on any atom is -0.383 e. The number of rotatable bonds is 3. The molecule has 5 nitrogen and oxygen atoms in total. The highest BCUT2D eigenvalue weighted by Gasteiger charge is 2.17. The highest BCUT2D eigenvalue weighted by Crippen LogP contribution is 2.24. The van der Waals surface area contributed by atoms with Crippen LogP contribution in [-0.4, -0.2) is 25.9 Å². The van der Waals surface area contributed by atoms with Gasteiger partial charge in [-0.25, -0.2) is 0 Å². The molecule has 22 heavy (non-hydrogen) atoms. The molecule has 2 aromatic rings. The summed E-state index contributed by atoms with van der Waals surface area (Å²) in [6, 6.07) is 15.6. The first-order chi connectivity index (χ1) is 10.2. The molecular weight excluding hydrogens is 277 g/mol. The van der Waals surface area contributed by atoms with Crippen molar-refractivity contribution in [3.05, 3.63) is 69.8 Å². The third-order valence-electron chi connectivity index (χ3n) is 3.75. The molecule has 0 spiro atoms. The van der Waals surface area contributed by atoms with Gasteiger partial charge in [0.2, 0.25) is 0 Å². The Morgan fingerprint density at radius 2 is 1.95 bits per heavy atom. The summed E-state index contributed by atoms with van der Waals surface area (Å²) in [6.45, 7) is 1.47. The second-order valence-corrected chi connectivity index (χ2v) is 5.25. The molecule has 1 heterocycles. The summed E-state index contributed by atoms with van der Waals surface area (Å²) in [4.78, 5) is 10.5. The van der Waals surface area contributed by atoms with E-state index in [-0.39, 0.29) is 19.0 Å². The van der Waals surface area contributed by atoms with Gasteiger partial charge in [-0.1, -0.05) is 30.3 Å². The van der Waals surface area contributed by atoms with Crippen LogP contribution in [0.1, 0.15) is 11.1 Å². The molecule has 1 aliphatic heterocycles. The van der Waals surface area contributed by atoms with Gasteiger partial charge in [0, 0.05) is 45.4 Å². The Bertz CT molecular complexity index is 649. The predicted octanol–water partition coefficient (Wildman–Crippen LogP) is 2.34. The number of nitrogens with zero attached hydrogens (tertiary/aromatic N) is 1. The summed E-state index contributed by atoms with van der Waals surface area (Å²) in [5.74, 6) is 0. The molecule has 1 aliphatic rings. The first kappa shape index (κ1) is 16.0. The van der Waals surface area contributed by atoms with Crippen molar-refractivity contribution in [2.24, 2.45) is 0 Å². The largest absolute Gasteiger partial charge is 0.383 e. The third-order valence-corrected chi connectivity index (χ3v) is 3.75. The van der Waals surface area contributed by atoms with Crippen LogP contribution in [0, 0.1) is 10.1 Å². The van der Waals surface area contributed by atoms with E-state index in [2.05, 4.69) is 22.8 Å². The van der Waals surface area contributed by atoms with E-state index < -0.39 is 0 Å². The van der Waals surface area contributed by atoms with Crippen LogP contribution in [0.3, 0.4) is 0 Å². The van der Waals surface area contributed by atoms with Gasteiger partial charge in [-0.05, 0) is 23.6 Å². The Morgan fingerprint density at radius 1 is 1.18 bits per heavy atom. The van der Waals surface area contributed by atoms with E-state index in [9.17, 15) is 10.1 Å². The third kappa shape index (κ3) is 3.65. The number of hydrogen-bond acceptors (Lipinski definition) is 4. The standard InChI is InChI=1S/C16H17N3O2.B/c20-19(21)15-7-6-13-10-17-14(11-18-16(13)9-15)8-12-4-2-1-3-5-12;/h1-7,9,14,17-18H,8,10-11H2;. The maximum Gasteiger partial charge on any atom is 0.271 e. The Kier molecular flexibility index (Phi) is 5.17. The number of nitro benzene ring substituents is 1. The first-order valence-corrected chi connectivity index (χ1v) is 7.01. The van der Waals surface area contributed by atoms with Crippen LogP contribution in [0.2, 0.25) is 0 Å². The lowest BCUT2D eigenvalue weighted by Crippen LogP contribution is -2.34. The number of hydrogen-bond donors (Lipinski definition) is 2. The van der Waals surface area contributed by atoms with E-state index in [1.165, 1.54) is 5.56 Å². The highest BCUT2D eigenvalue weighted by molar-refractivity contribution is 5.75. The van der Waals surface area contributed by atoms with Gasteiger partial charge in [0.05, 0.1) is 4.92 Å². The number of fused-ring (bicyclic) bond motifs is 1. The van der Waals surface area contributed by atoms with Gasteiger partial charge in [-0.2, -0.15) is 0 Å². The van der Waals surface area contributed by atoms with E-state index in [4.69, 9.17) is 0 Å². The molecule has 2 aromatic carbocycles. The van der Waals surface area contributed by atoms with Gasteiger partial charge in [-0.15, -0.1) is 0 Å². The smallest absolute Gasteiger partial charge is 0.271 e. The van der Waals surface area contributed by atoms with Crippen molar-refractivity contribution >= 4 is 19.8 Å². The maximum absolute atomic E-state index is 10.8. The van der Waals surface area contributed by atoms with Crippen LogP contribution >= 0.6 is 0 Å². The quantitative estimate of drug-likeness (QED) is 0.518. The van der Waals surface area contributed by atoms with Crippen molar-refractivity contribution in [1.29, 1.82) is 0 Å². The van der Waals surface area contributed by atoms with E-state index >= 15 is 0 Å². The molecule has 3 radical (unpaired) electrons. The zero-order chi connectivity index (χ0) is 14.7. The Balaban J connectivity index is 0.00000176. The number of anilines is 1. The minimum absolute atomic E-state index is 0. The molecule has 0 amide bonds. The molecule has 1 unspecified atom stereocenters. The van der Waals surface area contributed by atoms with Gasteiger partial charge in [0.1, 0.15) is 0 Å². The van der Waals surface area contributed by atoms with Gasteiger partial charge >= 0.3 is 0 Å². The second-order valence-electron chi connectivity index (χ2n) is 5.25. The summed E-state index contributed by atoms with van der Waals surface area (Å²) in [6.07, 6.45) is 0.934. The average Bonchev–Trinajstić information content (AvgIpc) is 2.70. The predicted molar refractivity (Wildman–Crippen MR) is 88.1 cm³/mol. The van der Waals surface area contributed by atoms with Crippen LogP contribution in [0.25, 0.3) is 0 Å². The normalized spacial score (nSPS) is 16.6. The Morgan fingerprint density at radius 3 is 2.68 bits per heavy atom. The van der Waals surface area contributed by atoms with Crippen molar-refractivity contribution < 1.29 is 4.92 Å². The molecule has 111 valence electrons. The molecule has 0 bridgehead atoms. The SMILES string of the molecule is O=[N+]([O-])c1ccc2c(c1)NCC(Cc1ccccc1)NC2.[B]. The van der Waals surface area contributed by atoms with Gasteiger partial charge in [0.15, 0.2) is 0 Å². The lowest BCUT2D eigenvalue weighted by atomic mass is 10.1. The van der Waals surface area contributed by atoms with Gasteiger partial charge in [-0.3, -0.25) is 10.1 Å². The van der Waals surface area contributed by atoms with Crippen LogP contribution in [0.5, 0.6) is 0 Å². The van der Waals surface area contributed by atoms with Crippen LogP contribution < -0.4 is 10.6 Å². The zero-order valence-electron chi connectivity index (χ0n) is 12.2. The fourth-order valence-corrected chi connectivity index (χ4v) is 2.60. The first-order valence-electron chi connectivity index (χ1n) is 7.01. The van der Waals surface area contributed by atoms with Crippen molar-refractivity contribution in [3.63, 3.8) is 0 Å². The van der Waals surface area contributed by atoms with Crippen molar-refractivity contribution in [3.8, 4) is 0 Å². The summed E-state index contributed by atoms with van der Waals surface area (Å²) in [5, 5.41) is 17.7. The summed E-state index contributed by atoms with van der Waals surface area (Å²) in [5.41, 5.74) is 3.33. The van der Waals surface area contributed by atoms with Crippen LogP contribution in [0.15, 0.2) is 48.5 Å². The maximum atomic E-state index is 10.8. The van der Waals surface area contributed by atoms with Crippen molar-refractivity contribution in [2.45, 2.75) is 19.0 Å². The minimum atomic E-state index is -0.359. The topological polar surface area (TPSA) is 67.2 Å². The van der Waals surface area contributed by atoms with Gasteiger partial charge < -0.3 is 10.6 Å². The molecule has 2 N–H and O–H groups in total. The lowest BCUT2D eigenvalue weighted by molar-refractivity contribution is -0.384. The van der Waals surface area contributed by atoms with Crippen molar-refractivity contribution in [1.82, 2.24) is 5.32 Å². The van der Waals surface area contributed by atoms with E-state index in [0.717, 1.165) is 30.8 Å². The van der Waals surface area contributed by atoms with Crippen LogP contribution in [-0.2, 0) is 13.0 Å². The second kappa shape index (κ2) is 7.09. The molecular formula is C16H17BN3O2. The number of benzene rings is 2. The molecule has 0 saturated heterocycles. The Hall–Kier alpha value is -2.34. The summed E-state index contributed by atoms with van der Waals surface area (Å²) < 4.78 is 0. The molecule has 6 heteroatoms.